The molecule has 0 spiro atoms. The number of thiazole rings is 5. The Balaban J connectivity index is 1.10. The summed E-state index contributed by atoms with van der Waals surface area (Å²) in [6.45, 7) is 7.04. The zero-order chi connectivity index (χ0) is 61.0. The minimum absolute atomic E-state index is 0.0147. The number of hydrogen-bond acceptors (Lipinski definition) is 25. The molecule has 7 aromatic heterocycles. The highest BCUT2D eigenvalue weighted by atomic mass is 32.1. The van der Waals surface area contributed by atoms with Crippen LogP contribution >= 0.6 is 56.7 Å². The Kier molecular flexibility index (Phi) is 16.4. The van der Waals surface area contributed by atoms with Crippen molar-refractivity contribution in [3.63, 3.8) is 0 Å². The van der Waals surface area contributed by atoms with E-state index >= 15 is 0 Å². The summed E-state index contributed by atoms with van der Waals surface area (Å²) in [4.78, 5) is 128. The largest absolute Gasteiger partial charge is 0.499 e. The van der Waals surface area contributed by atoms with Crippen molar-refractivity contribution in [1.82, 2.24) is 61.1 Å². The van der Waals surface area contributed by atoms with Gasteiger partial charge in [-0.15, -0.1) is 56.7 Å². The van der Waals surface area contributed by atoms with Crippen LogP contribution in [0, 0.1) is 0 Å². The van der Waals surface area contributed by atoms with Crippen molar-refractivity contribution in [2.24, 2.45) is 7.05 Å². The molecule has 0 radical (unpaired) electrons. The fourth-order valence-electron chi connectivity index (χ4n) is 9.58. The first-order valence-corrected chi connectivity index (χ1v) is 30.6. The number of carbonyl (C=O) groups excluding carboxylic acids is 7. The number of carbonyl (C=O) groups is 7. The number of allylic oxidation sites excluding steroid dienone is 1. The lowest BCUT2D eigenvalue weighted by molar-refractivity contribution is -0.166. The van der Waals surface area contributed by atoms with Crippen molar-refractivity contribution in [3.05, 3.63) is 112 Å². The molecule has 3 aliphatic heterocycles. The molecular weight excluding hydrogens is 1210 g/mol. The van der Waals surface area contributed by atoms with E-state index in [1.165, 1.54) is 44.2 Å². The topological polar surface area (TPSA) is 349 Å². The van der Waals surface area contributed by atoms with Crippen molar-refractivity contribution in [3.8, 4) is 38.4 Å². The van der Waals surface area contributed by atoms with E-state index in [1.807, 2.05) is 20.8 Å². The first kappa shape index (κ1) is 59.3. The van der Waals surface area contributed by atoms with Gasteiger partial charge >= 0.3 is 11.9 Å². The second-order valence-corrected chi connectivity index (χ2v) is 25.2. The summed E-state index contributed by atoms with van der Waals surface area (Å²) in [5.41, 5.74) is 1.12. The molecule has 446 valence electrons. The zero-order valence-corrected chi connectivity index (χ0v) is 50.8. The van der Waals surface area contributed by atoms with E-state index in [0.29, 0.717) is 27.0 Å². The van der Waals surface area contributed by atoms with Crippen LogP contribution in [-0.2, 0) is 48.8 Å². The second kappa shape index (κ2) is 23.8. The number of esters is 2. The minimum atomic E-state index is -2.11. The first-order chi connectivity index (χ1) is 41.1. The number of methoxy groups -OCH3 is 2. The Morgan fingerprint density at radius 3 is 2.19 bits per heavy atom. The Morgan fingerprint density at radius 2 is 1.45 bits per heavy atom. The molecule has 31 heteroatoms. The number of nitrogens with zero attached hydrogens (tertiary/aromatic N) is 7. The Morgan fingerprint density at radius 1 is 0.791 bits per heavy atom. The normalized spacial score (nSPS) is 20.5. The number of amides is 5. The number of aliphatic hydroxyl groups is 2. The molecule has 0 aliphatic carbocycles. The monoisotopic (exact) mass is 1260 g/mol. The van der Waals surface area contributed by atoms with Gasteiger partial charge in [0.15, 0.2) is 6.10 Å². The van der Waals surface area contributed by atoms with E-state index < -0.39 is 96.7 Å². The highest BCUT2D eigenvalue weighted by Crippen LogP contribution is 2.42. The van der Waals surface area contributed by atoms with Crippen molar-refractivity contribution >= 4 is 115 Å². The van der Waals surface area contributed by atoms with Gasteiger partial charge in [0.2, 0.25) is 5.91 Å². The lowest BCUT2D eigenvalue weighted by Crippen LogP contribution is -2.52. The Labute approximate surface area is 508 Å². The van der Waals surface area contributed by atoms with Crippen LogP contribution in [0.15, 0.2) is 56.9 Å². The van der Waals surface area contributed by atoms with Gasteiger partial charge in [-0.3, -0.25) is 24.0 Å². The molecule has 1 aromatic carbocycles. The van der Waals surface area contributed by atoms with E-state index in [-0.39, 0.29) is 95.0 Å². The number of pyridine rings is 1. The number of aryl methyl sites for hydroxylation is 1. The summed E-state index contributed by atoms with van der Waals surface area (Å²) in [6.07, 6.45) is -5.32. The van der Waals surface area contributed by atoms with Crippen LogP contribution in [-0.4, -0.2) is 137 Å². The molecule has 3 aliphatic rings. The van der Waals surface area contributed by atoms with E-state index in [0.717, 1.165) is 56.7 Å². The zero-order valence-electron chi connectivity index (χ0n) is 46.7. The number of benzene rings is 1. The number of nitrogens with one attached hydrogen (secondary N) is 5. The van der Waals surface area contributed by atoms with Gasteiger partial charge in [0.25, 0.3) is 23.6 Å². The third kappa shape index (κ3) is 11.6. The smallest absolute Gasteiger partial charge is 0.355 e. The van der Waals surface area contributed by atoms with Gasteiger partial charge in [-0.25, -0.2) is 39.5 Å². The van der Waals surface area contributed by atoms with Crippen LogP contribution in [0.5, 0.6) is 5.75 Å². The number of ether oxygens (including phenoxy) is 5. The van der Waals surface area contributed by atoms with Gasteiger partial charge < -0.3 is 65.0 Å². The molecule has 86 heavy (non-hydrogen) atoms. The number of aliphatic hydroxyl groups excluding tert-OH is 2. The Hall–Kier alpha value is -8.43. The van der Waals surface area contributed by atoms with Gasteiger partial charge in [0.1, 0.15) is 125 Å². The van der Waals surface area contributed by atoms with Crippen molar-refractivity contribution in [2.45, 2.75) is 89.8 Å². The molecule has 6 unspecified atom stereocenters. The average Bonchev–Trinajstić information content (AvgIpc) is 1.78. The second-order valence-electron chi connectivity index (χ2n) is 20.8. The molecule has 0 fully saturated rings. The maximum absolute atomic E-state index is 14.8. The molecular formula is C55H52N12O14S5. The van der Waals surface area contributed by atoms with Gasteiger partial charge in [-0.1, -0.05) is 12.1 Å². The first-order valence-electron chi connectivity index (χ1n) is 26.2. The van der Waals surface area contributed by atoms with Crippen LogP contribution in [0.1, 0.15) is 125 Å². The van der Waals surface area contributed by atoms with Gasteiger partial charge in [-0.05, 0) is 52.3 Å². The Bertz CT molecular complexity index is 4090. The maximum atomic E-state index is 14.8. The van der Waals surface area contributed by atoms with E-state index in [4.69, 9.17) is 33.7 Å². The molecule has 6 atom stereocenters. The van der Waals surface area contributed by atoms with Crippen LogP contribution in [0.4, 0.5) is 0 Å². The molecule has 26 nitrogen and oxygen atoms in total. The molecule has 7 N–H and O–H groups in total. The lowest BCUT2D eigenvalue weighted by Gasteiger charge is -2.30. The van der Waals surface area contributed by atoms with Crippen LogP contribution in [0.3, 0.4) is 0 Å². The number of cyclic esters (lactones) is 2. The summed E-state index contributed by atoms with van der Waals surface area (Å²) in [7, 11) is 4.39. The SMILES string of the molecule is COC(C)=C1NC(=O)C(C(C)O)NC(=O)c2csc(n2)-c2cc(OC)c(-c3nc(C(=O)NC(C)(C)C)cs3)nc2-c2csc(n2)C2COC(=O)c3c4c5c(cccc5n3C)COC(=O)C(O)C(OC4)C(NC(=O)c3csc1n3)c1nc(cs1)C(=O)N2. The van der Waals surface area contributed by atoms with Crippen LogP contribution < -0.4 is 31.3 Å². The molecule has 12 bridgehead atoms. The molecule has 0 saturated carbocycles. The molecule has 10 heterocycles. The third-order valence-electron chi connectivity index (χ3n) is 13.8. The number of aromatic nitrogens is 7. The summed E-state index contributed by atoms with van der Waals surface area (Å²) < 4.78 is 31.4. The predicted octanol–water partition coefficient (Wildman–Crippen LogP) is 5.45. The average molecular weight is 1270 g/mol. The minimum Gasteiger partial charge on any atom is -0.499 e. The van der Waals surface area contributed by atoms with Gasteiger partial charge in [-0.2, -0.15) is 0 Å². The number of hydrogen-bond donors (Lipinski definition) is 7. The lowest BCUT2D eigenvalue weighted by atomic mass is 10.0. The molecule has 5 amide bonds. The quantitative estimate of drug-likeness (QED) is 0.0831. The van der Waals surface area contributed by atoms with Gasteiger partial charge in [0, 0.05) is 61.5 Å². The van der Waals surface area contributed by atoms with E-state index in [2.05, 4.69) is 46.5 Å². The summed E-state index contributed by atoms with van der Waals surface area (Å²) in [6, 6.07) is 2.45. The van der Waals surface area contributed by atoms with Crippen molar-refractivity contribution in [1.29, 1.82) is 0 Å². The van der Waals surface area contributed by atoms with Crippen LogP contribution in [0.2, 0.25) is 0 Å². The van der Waals surface area contributed by atoms with E-state index in [9.17, 15) is 43.8 Å². The van der Waals surface area contributed by atoms with Crippen molar-refractivity contribution in [2.75, 3.05) is 20.8 Å². The fourth-order valence-corrected chi connectivity index (χ4v) is 13.8. The predicted molar refractivity (Wildman–Crippen MR) is 314 cm³/mol. The number of rotatable bonds is 5. The summed E-state index contributed by atoms with van der Waals surface area (Å²) >= 11 is 5.06. The molecule has 8 aromatic rings. The van der Waals surface area contributed by atoms with Crippen LogP contribution in [0.25, 0.3) is 49.3 Å². The maximum Gasteiger partial charge on any atom is 0.355 e. The highest BCUT2D eigenvalue weighted by Gasteiger charge is 2.42. The third-order valence-corrected chi connectivity index (χ3v) is 18.3. The van der Waals surface area contributed by atoms with Gasteiger partial charge in [0.05, 0.1) is 26.9 Å². The van der Waals surface area contributed by atoms with E-state index in [1.54, 1.807) is 46.6 Å². The highest BCUT2D eigenvalue weighted by molar-refractivity contribution is 7.14. The van der Waals surface area contributed by atoms with Crippen molar-refractivity contribution < 1.29 is 67.5 Å². The number of fused-ring (bicyclic) bond motifs is 15. The molecule has 0 saturated heterocycles. The standard InChI is InChI=1S/C55H52N12O14S5/c1-21(68)35-47(74)64-36(22(2)77-7)50-59-30(19-84-50)45(72)65-39-42-41(69)54(76)80-13-23-10-9-11-32-34(23)25(14-79-42)40(67(32)6)53(75)81-15-26(56-43(70)28-18-86-52(39)60-28)49-57-27(16-83-49)37-24(48-58-29(17-82-48)44(71)63-35)12-33(78-8)38(62-37)51-61-31(20-85-51)46(73)66-55(3,4)5/h9-12,16-21,26,35,39,41-42,68-69H,13-15H2,1-8H3,(H,56,70)(H,63,71)(H,64,74)(H,65,72)(H,66,73). The fraction of sp³-hybridized carbons (Fsp3) is 0.327. The summed E-state index contributed by atoms with van der Waals surface area (Å²) in [5, 5.41) is 45.6. The molecule has 11 rings (SSSR count). The summed E-state index contributed by atoms with van der Waals surface area (Å²) in [5.74, 6) is -5.53.